The van der Waals surface area contributed by atoms with E-state index in [1.54, 1.807) is 0 Å². The van der Waals surface area contributed by atoms with E-state index in [2.05, 4.69) is 5.32 Å². The number of carboxylic acids is 1. The maximum absolute atomic E-state index is 12.2. The second-order valence-corrected chi connectivity index (χ2v) is 5.27. The summed E-state index contributed by atoms with van der Waals surface area (Å²) in [6, 6.07) is 8.54. The van der Waals surface area contributed by atoms with Crippen LogP contribution in [0.2, 0.25) is 0 Å². The van der Waals surface area contributed by atoms with Gasteiger partial charge in [0.25, 0.3) is 0 Å². The van der Waals surface area contributed by atoms with Crippen LogP contribution in [0.25, 0.3) is 0 Å². The second kappa shape index (κ2) is 6.52. The molecular formula is C15H20N2O3. The lowest BCUT2D eigenvalue weighted by atomic mass is 9.99. The van der Waals surface area contributed by atoms with Gasteiger partial charge in [-0.1, -0.05) is 36.8 Å². The molecule has 20 heavy (non-hydrogen) atoms. The first kappa shape index (κ1) is 14.5. The van der Waals surface area contributed by atoms with Gasteiger partial charge in [0.1, 0.15) is 0 Å². The van der Waals surface area contributed by atoms with E-state index >= 15 is 0 Å². The molecule has 0 aliphatic heterocycles. The molecule has 0 saturated heterocycles. The van der Waals surface area contributed by atoms with Gasteiger partial charge in [0.2, 0.25) is 5.91 Å². The van der Waals surface area contributed by atoms with Crippen molar-refractivity contribution in [2.75, 3.05) is 0 Å². The summed E-state index contributed by atoms with van der Waals surface area (Å²) in [5.41, 5.74) is 6.72. The molecule has 2 rings (SSSR count). The van der Waals surface area contributed by atoms with Gasteiger partial charge >= 0.3 is 5.97 Å². The van der Waals surface area contributed by atoms with Gasteiger partial charge in [-0.3, -0.25) is 9.59 Å². The van der Waals surface area contributed by atoms with Gasteiger partial charge in [0.05, 0.1) is 18.4 Å². The van der Waals surface area contributed by atoms with Gasteiger partial charge in [0.15, 0.2) is 0 Å². The van der Waals surface area contributed by atoms with E-state index in [0.29, 0.717) is 0 Å². The fourth-order valence-electron chi connectivity index (χ4n) is 2.71. The van der Waals surface area contributed by atoms with Crippen LogP contribution in [0.3, 0.4) is 0 Å². The number of benzene rings is 1. The molecule has 1 fully saturated rings. The summed E-state index contributed by atoms with van der Waals surface area (Å²) < 4.78 is 0. The Morgan fingerprint density at radius 1 is 1.30 bits per heavy atom. The Morgan fingerprint density at radius 3 is 2.55 bits per heavy atom. The first-order valence-electron chi connectivity index (χ1n) is 6.90. The number of carbonyl (C=O) groups is 2. The molecule has 1 amide bonds. The predicted octanol–water partition coefficient (Wildman–Crippen LogP) is 1.45. The Bertz CT molecular complexity index is 475. The molecule has 1 aliphatic rings. The Balaban J connectivity index is 2.08. The van der Waals surface area contributed by atoms with Crippen molar-refractivity contribution in [3.8, 4) is 0 Å². The molecule has 3 unspecified atom stereocenters. The van der Waals surface area contributed by atoms with E-state index in [9.17, 15) is 9.59 Å². The van der Waals surface area contributed by atoms with Crippen LogP contribution in [-0.2, 0) is 9.59 Å². The van der Waals surface area contributed by atoms with Crippen molar-refractivity contribution in [3.63, 3.8) is 0 Å². The van der Waals surface area contributed by atoms with Gasteiger partial charge in [0, 0.05) is 6.04 Å². The molecule has 108 valence electrons. The number of carboxylic acid groups (broad SMARTS) is 1. The van der Waals surface area contributed by atoms with Crippen molar-refractivity contribution in [1.29, 1.82) is 0 Å². The number of hydrogen-bond acceptors (Lipinski definition) is 3. The average molecular weight is 276 g/mol. The smallest absolute Gasteiger partial charge is 0.305 e. The monoisotopic (exact) mass is 276 g/mol. The van der Waals surface area contributed by atoms with E-state index in [-0.39, 0.29) is 24.3 Å². The molecule has 1 aliphatic carbocycles. The average Bonchev–Trinajstić information content (AvgIpc) is 2.85. The summed E-state index contributed by atoms with van der Waals surface area (Å²) in [7, 11) is 0. The summed E-state index contributed by atoms with van der Waals surface area (Å²) in [6.07, 6.45) is 2.46. The van der Waals surface area contributed by atoms with Crippen LogP contribution in [0.5, 0.6) is 0 Å². The summed E-state index contributed by atoms with van der Waals surface area (Å²) in [6.45, 7) is 0. The van der Waals surface area contributed by atoms with Crippen LogP contribution in [0.4, 0.5) is 0 Å². The lowest BCUT2D eigenvalue weighted by molar-refractivity contribution is -0.138. The minimum absolute atomic E-state index is 0.115. The van der Waals surface area contributed by atoms with Crippen LogP contribution in [0.1, 0.15) is 37.3 Å². The van der Waals surface area contributed by atoms with Gasteiger partial charge in [-0.25, -0.2) is 0 Å². The molecule has 1 aromatic rings. The van der Waals surface area contributed by atoms with Gasteiger partial charge in [-0.2, -0.15) is 0 Å². The van der Waals surface area contributed by atoms with E-state index in [1.807, 2.05) is 30.3 Å². The van der Waals surface area contributed by atoms with E-state index in [4.69, 9.17) is 10.8 Å². The van der Waals surface area contributed by atoms with Crippen molar-refractivity contribution in [2.24, 2.45) is 11.7 Å². The van der Waals surface area contributed by atoms with Crippen LogP contribution in [-0.4, -0.2) is 23.0 Å². The van der Waals surface area contributed by atoms with E-state index in [1.165, 1.54) is 0 Å². The largest absolute Gasteiger partial charge is 0.481 e. The number of hydrogen-bond donors (Lipinski definition) is 3. The third-order valence-electron chi connectivity index (χ3n) is 3.80. The molecule has 4 N–H and O–H groups in total. The van der Waals surface area contributed by atoms with Gasteiger partial charge in [-0.15, -0.1) is 0 Å². The molecule has 0 bridgehead atoms. The lowest BCUT2D eigenvalue weighted by Gasteiger charge is -2.21. The zero-order valence-corrected chi connectivity index (χ0v) is 11.3. The molecule has 5 nitrogen and oxygen atoms in total. The van der Waals surface area contributed by atoms with Crippen molar-refractivity contribution in [2.45, 2.75) is 37.8 Å². The Kier molecular flexibility index (Phi) is 4.74. The molecule has 1 saturated carbocycles. The van der Waals surface area contributed by atoms with Gasteiger partial charge in [-0.05, 0) is 18.4 Å². The topological polar surface area (TPSA) is 92.4 Å². The predicted molar refractivity (Wildman–Crippen MR) is 74.9 cm³/mol. The second-order valence-electron chi connectivity index (χ2n) is 5.27. The fraction of sp³-hybridized carbons (Fsp3) is 0.467. The van der Waals surface area contributed by atoms with Crippen LogP contribution in [0, 0.1) is 5.92 Å². The van der Waals surface area contributed by atoms with Crippen LogP contribution < -0.4 is 11.1 Å². The summed E-state index contributed by atoms with van der Waals surface area (Å²) >= 11 is 0. The lowest BCUT2D eigenvalue weighted by Crippen LogP contribution is -2.40. The molecule has 3 atom stereocenters. The van der Waals surface area contributed by atoms with Crippen LogP contribution in [0.15, 0.2) is 30.3 Å². The highest BCUT2D eigenvalue weighted by Gasteiger charge is 2.31. The third kappa shape index (κ3) is 3.57. The minimum atomic E-state index is -0.935. The first-order chi connectivity index (χ1) is 9.58. The molecule has 0 heterocycles. The number of amides is 1. The SMILES string of the molecule is NC1CCCC1C(=O)NC(CC(=O)O)c1ccccc1. The third-order valence-corrected chi connectivity index (χ3v) is 3.80. The van der Waals surface area contributed by atoms with Crippen molar-refractivity contribution >= 4 is 11.9 Å². The minimum Gasteiger partial charge on any atom is -0.481 e. The molecule has 5 heteroatoms. The quantitative estimate of drug-likeness (QED) is 0.759. The first-order valence-corrected chi connectivity index (χ1v) is 6.90. The maximum atomic E-state index is 12.2. The molecule has 0 spiro atoms. The zero-order chi connectivity index (χ0) is 14.5. The fourth-order valence-corrected chi connectivity index (χ4v) is 2.71. The van der Waals surface area contributed by atoms with E-state index < -0.39 is 12.0 Å². The number of nitrogens with one attached hydrogen (secondary N) is 1. The van der Waals surface area contributed by atoms with Gasteiger partial charge < -0.3 is 16.2 Å². The molecule has 1 aromatic carbocycles. The molecular weight excluding hydrogens is 256 g/mol. The number of aliphatic carboxylic acids is 1. The Labute approximate surface area is 118 Å². The van der Waals surface area contributed by atoms with Crippen LogP contribution >= 0.6 is 0 Å². The maximum Gasteiger partial charge on any atom is 0.305 e. The molecule has 0 radical (unpaired) electrons. The number of rotatable bonds is 5. The summed E-state index contributed by atoms with van der Waals surface area (Å²) in [5.74, 6) is -1.27. The highest BCUT2D eigenvalue weighted by atomic mass is 16.4. The zero-order valence-electron chi connectivity index (χ0n) is 11.3. The summed E-state index contributed by atoms with van der Waals surface area (Å²) in [4.78, 5) is 23.2. The molecule has 0 aromatic heterocycles. The Morgan fingerprint density at radius 2 is 2.00 bits per heavy atom. The highest BCUT2D eigenvalue weighted by molar-refractivity contribution is 5.81. The highest BCUT2D eigenvalue weighted by Crippen LogP contribution is 2.25. The number of carbonyl (C=O) groups excluding carboxylic acids is 1. The van der Waals surface area contributed by atoms with Crippen molar-refractivity contribution < 1.29 is 14.7 Å². The normalized spacial score (nSPS) is 23.2. The standard InChI is InChI=1S/C15H20N2O3/c16-12-8-4-7-11(12)15(20)17-13(9-14(18)19)10-5-2-1-3-6-10/h1-3,5-6,11-13H,4,7-9,16H2,(H,17,20)(H,18,19). The Hall–Kier alpha value is -1.88. The van der Waals surface area contributed by atoms with Crippen molar-refractivity contribution in [1.82, 2.24) is 5.32 Å². The number of nitrogens with two attached hydrogens (primary N) is 1. The summed E-state index contributed by atoms with van der Waals surface area (Å²) in [5, 5.41) is 11.8. The van der Waals surface area contributed by atoms with Crippen molar-refractivity contribution in [3.05, 3.63) is 35.9 Å². The van der Waals surface area contributed by atoms with E-state index in [0.717, 1.165) is 24.8 Å².